The summed E-state index contributed by atoms with van der Waals surface area (Å²) < 4.78 is 46.3. The molecule has 2 aromatic carbocycles. The topological polar surface area (TPSA) is 81.2 Å². The number of nitrogens with zero attached hydrogens (tertiary/aromatic N) is 2. The first-order valence-electron chi connectivity index (χ1n) is 8.52. The largest absolute Gasteiger partial charge is 0.496 e. The lowest BCUT2D eigenvalue weighted by atomic mass is 10.1. The van der Waals surface area contributed by atoms with E-state index in [1.807, 2.05) is 0 Å². The van der Waals surface area contributed by atoms with Gasteiger partial charge in [0.25, 0.3) is 0 Å². The fourth-order valence-corrected chi connectivity index (χ4v) is 4.10. The van der Waals surface area contributed by atoms with Crippen LogP contribution in [-0.2, 0) is 16.6 Å². The number of ether oxygens (including phenoxy) is 1. The maximum Gasteiger partial charge on any atom is 0.241 e. The quantitative estimate of drug-likeness (QED) is 0.685. The zero-order valence-electron chi connectivity index (χ0n) is 15.7. The Morgan fingerprint density at radius 1 is 1.04 bits per heavy atom. The first-order chi connectivity index (χ1) is 13.3. The molecule has 1 heterocycles. The lowest BCUT2D eigenvalue weighted by molar-refractivity contribution is 0.411. The molecule has 1 aromatic heterocycles. The normalized spacial score (nSPS) is 11.4. The van der Waals surface area contributed by atoms with E-state index in [0.29, 0.717) is 22.7 Å². The summed E-state index contributed by atoms with van der Waals surface area (Å²) in [5.41, 5.74) is 3.12. The number of sulfonamides is 1. The zero-order valence-corrected chi connectivity index (χ0v) is 16.5. The summed E-state index contributed by atoms with van der Waals surface area (Å²) >= 11 is 0. The molecule has 146 valence electrons. The molecule has 6 nitrogen and oxygen atoms in total. The minimum atomic E-state index is -3.74. The fourth-order valence-electron chi connectivity index (χ4n) is 2.79. The van der Waals surface area contributed by atoms with E-state index < -0.39 is 10.0 Å². The molecule has 0 radical (unpaired) electrons. The highest BCUT2D eigenvalue weighted by molar-refractivity contribution is 7.89. The minimum absolute atomic E-state index is 0.00354. The van der Waals surface area contributed by atoms with Gasteiger partial charge < -0.3 is 4.74 Å². The van der Waals surface area contributed by atoms with Crippen molar-refractivity contribution in [2.45, 2.75) is 25.3 Å². The van der Waals surface area contributed by atoms with Crippen LogP contribution >= 0.6 is 0 Å². The van der Waals surface area contributed by atoms with Crippen molar-refractivity contribution in [1.82, 2.24) is 14.7 Å². The Hall–Kier alpha value is -2.84. The van der Waals surface area contributed by atoms with E-state index in [4.69, 9.17) is 4.74 Å². The first-order valence-corrected chi connectivity index (χ1v) is 10.0. The summed E-state index contributed by atoms with van der Waals surface area (Å²) in [6.45, 7) is 3.51. The van der Waals surface area contributed by atoms with Gasteiger partial charge in [0.2, 0.25) is 10.0 Å². The number of aryl methyl sites for hydroxylation is 2. The van der Waals surface area contributed by atoms with E-state index in [9.17, 15) is 12.8 Å². The third kappa shape index (κ3) is 4.35. The molecular weight excluding hydrogens is 381 g/mol. The molecule has 0 aliphatic carbocycles. The lowest BCUT2D eigenvalue weighted by Crippen LogP contribution is -2.24. The molecule has 8 heteroatoms. The summed E-state index contributed by atoms with van der Waals surface area (Å²) in [6, 6.07) is 10.8. The summed E-state index contributed by atoms with van der Waals surface area (Å²) in [5.74, 6) is 0.298. The number of methoxy groups -OCH3 is 1. The highest BCUT2D eigenvalue weighted by Gasteiger charge is 2.19. The Morgan fingerprint density at radius 3 is 2.43 bits per heavy atom. The van der Waals surface area contributed by atoms with Crippen LogP contribution < -0.4 is 9.46 Å². The number of benzene rings is 2. The van der Waals surface area contributed by atoms with E-state index in [1.54, 1.807) is 51.3 Å². The molecule has 3 rings (SSSR count). The number of rotatable bonds is 6. The molecule has 0 saturated carbocycles. The van der Waals surface area contributed by atoms with Crippen molar-refractivity contribution >= 4 is 10.0 Å². The van der Waals surface area contributed by atoms with Crippen LogP contribution in [0, 0.1) is 19.7 Å². The zero-order chi connectivity index (χ0) is 20.3. The summed E-state index contributed by atoms with van der Waals surface area (Å²) in [4.78, 5) is 8.47. The molecule has 0 aliphatic rings. The molecule has 0 atom stereocenters. The predicted octanol–water partition coefficient (Wildman–Crippen LogP) is 3.39. The van der Waals surface area contributed by atoms with Gasteiger partial charge in [0.15, 0.2) is 0 Å². The number of nitrogens with one attached hydrogen (secondary N) is 1. The van der Waals surface area contributed by atoms with Crippen LogP contribution in [0.15, 0.2) is 53.7 Å². The van der Waals surface area contributed by atoms with Crippen molar-refractivity contribution in [3.63, 3.8) is 0 Å². The summed E-state index contributed by atoms with van der Waals surface area (Å²) in [7, 11) is -2.19. The van der Waals surface area contributed by atoms with Gasteiger partial charge >= 0.3 is 0 Å². The molecule has 0 aliphatic heterocycles. The Morgan fingerprint density at radius 2 is 1.75 bits per heavy atom. The molecule has 0 fully saturated rings. The van der Waals surface area contributed by atoms with Gasteiger partial charge in [0.05, 0.1) is 29.9 Å². The van der Waals surface area contributed by atoms with Crippen molar-refractivity contribution in [1.29, 1.82) is 0 Å². The maximum atomic E-state index is 13.1. The highest BCUT2D eigenvalue weighted by Crippen LogP contribution is 2.25. The monoisotopic (exact) mass is 401 g/mol. The van der Waals surface area contributed by atoms with E-state index in [-0.39, 0.29) is 17.3 Å². The number of aromatic nitrogens is 2. The number of hydrogen-bond donors (Lipinski definition) is 1. The minimum Gasteiger partial charge on any atom is -0.496 e. The van der Waals surface area contributed by atoms with Gasteiger partial charge in [0.1, 0.15) is 17.9 Å². The third-order valence-electron chi connectivity index (χ3n) is 4.29. The van der Waals surface area contributed by atoms with E-state index >= 15 is 0 Å². The lowest BCUT2D eigenvalue weighted by Gasteiger charge is -2.13. The van der Waals surface area contributed by atoms with Crippen molar-refractivity contribution in [3.8, 4) is 17.0 Å². The highest BCUT2D eigenvalue weighted by atomic mass is 32.2. The van der Waals surface area contributed by atoms with Gasteiger partial charge in [0, 0.05) is 5.56 Å². The fraction of sp³-hybridized carbons (Fsp3) is 0.200. The molecule has 3 aromatic rings. The van der Waals surface area contributed by atoms with Gasteiger partial charge in [-0.3, -0.25) is 0 Å². The number of hydrogen-bond acceptors (Lipinski definition) is 5. The van der Waals surface area contributed by atoms with Gasteiger partial charge in [-0.2, -0.15) is 0 Å². The second-order valence-corrected chi connectivity index (χ2v) is 8.05. The van der Waals surface area contributed by atoms with E-state index in [0.717, 1.165) is 11.1 Å². The maximum absolute atomic E-state index is 13.1. The molecule has 28 heavy (non-hydrogen) atoms. The first kappa shape index (κ1) is 19.9. The van der Waals surface area contributed by atoms with Crippen LogP contribution in [-0.4, -0.2) is 25.5 Å². The smallest absolute Gasteiger partial charge is 0.241 e. The van der Waals surface area contributed by atoms with Crippen LogP contribution in [0.1, 0.15) is 16.8 Å². The van der Waals surface area contributed by atoms with Crippen molar-refractivity contribution in [2.75, 3.05) is 7.11 Å². The Labute approximate surface area is 163 Å². The second-order valence-electron chi connectivity index (χ2n) is 6.31. The van der Waals surface area contributed by atoms with Crippen LogP contribution in [0.3, 0.4) is 0 Å². The average Bonchev–Trinajstić information content (AvgIpc) is 2.68. The van der Waals surface area contributed by atoms with Crippen LogP contribution in [0.5, 0.6) is 5.75 Å². The van der Waals surface area contributed by atoms with Crippen LogP contribution in [0.25, 0.3) is 11.3 Å². The molecule has 1 N–H and O–H groups in total. The van der Waals surface area contributed by atoms with Crippen LogP contribution in [0.4, 0.5) is 4.39 Å². The Bertz CT molecular complexity index is 1100. The third-order valence-corrected chi connectivity index (χ3v) is 5.83. The Kier molecular flexibility index (Phi) is 5.71. The van der Waals surface area contributed by atoms with Crippen molar-refractivity contribution in [3.05, 3.63) is 71.4 Å². The van der Waals surface area contributed by atoms with Gasteiger partial charge in [-0.25, -0.2) is 27.5 Å². The molecular formula is C20H20FN3O3S. The SMILES string of the molecule is COc1cc(C)c(S(=O)(=O)NCc2cc(-c3ccc(F)cc3)ncn2)cc1C. The van der Waals surface area contributed by atoms with Gasteiger partial charge in [-0.05, 0) is 67.4 Å². The van der Waals surface area contributed by atoms with Crippen molar-refractivity contribution in [2.24, 2.45) is 0 Å². The number of halogens is 1. The summed E-state index contributed by atoms with van der Waals surface area (Å²) in [5, 5.41) is 0. The molecule has 0 saturated heterocycles. The molecule has 0 amide bonds. The average molecular weight is 401 g/mol. The van der Waals surface area contributed by atoms with E-state index in [1.165, 1.54) is 18.5 Å². The Balaban J connectivity index is 1.81. The summed E-state index contributed by atoms with van der Waals surface area (Å²) in [6.07, 6.45) is 1.35. The molecule has 0 unspecified atom stereocenters. The van der Waals surface area contributed by atoms with Gasteiger partial charge in [-0.1, -0.05) is 0 Å². The molecule has 0 spiro atoms. The second kappa shape index (κ2) is 8.04. The van der Waals surface area contributed by atoms with E-state index in [2.05, 4.69) is 14.7 Å². The standard InChI is InChI=1S/C20H20FN3O3S/c1-13-9-20(14(2)8-19(13)27-3)28(25,26)24-11-17-10-18(23-12-22-17)15-4-6-16(21)7-5-15/h4-10,12,24H,11H2,1-3H3. The van der Waals surface area contributed by atoms with Gasteiger partial charge in [-0.15, -0.1) is 0 Å². The molecule has 0 bridgehead atoms. The van der Waals surface area contributed by atoms with Crippen molar-refractivity contribution < 1.29 is 17.5 Å². The predicted molar refractivity (Wildman–Crippen MR) is 104 cm³/mol. The van der Waals surface area contributed by atoms with Crippen LogP contribution in [0.2, 0.25) is 0 Å².